The molecule has 21 heavy (non-hydrogen) atoms. The molecule has 118 valence electrons. The van der Waals surface area contributed by atoms with Gasteiger partial charge in [0.25, 0.3) is 0 Å². The first-order valence-electron chi connectivity index (χ1n) is 6.89. The van der Waals surface area contributed by atoms with E-state index >= 15 is 0 Å². The van der Waals surface area contributed by atoms with Gasteiger partial charge in [0.15, 0.2) is 0 Å². The Bertz CT molecular complexity index is 442. The summed E-state index contributed by atoms with van der Waals surface area (Å²) in [6.45, 7) is 2.50. The Morgan fingerprint density at radius 3 is 2.52 bits per heavy atom. The topological polar surface area (TPSA) is 50.4 Å². The number of hydrogen-bond acceptors (Lipinski definition) is 3. The molecule has 6 heteroatoms. The third-order valence-corrected chi connectivity index (χ3v) is 3.83. The van der Waals surface area contributed by atoms with Gasteiger partial charge in [-0.1, -0.05) is 12.1 Å². The lowest BCUT2D eigenvalue weighted by atomic mass is 9.78. The minimum Gasteiger partial charge on any atom is -0.384 e. The quantitative estimate of drug-likeness (QED) is 0.872. The summed E-state index contributed by atoms with van der Waals surface area (Å²) < 4.78 is 18.1. The van der Waals surface area contributed by atoms with Crippen molar-refractivity contribution in [3.63, 3.8) is 0 Å². The molecule has 0 aromatic heterocycles. The number of hydrogen-bond donors (Lipinski definition) is 2. The highest BCUT2D eigenvalue weighted by Crippen LogP contribution is 2.29. The molecule has 0 aliphatic carbocycles. The molecule has 1 amide bonds. The van der Waals surface area contributed by atoms with Crippen molar-refractivity contribution >= 4 is 18.3 Å². The van der Waals surface area contributed by atoms with E-state index in [9.17, 15) is 9.18 Å². The maximum Gasteiger partial charge on any atom is 0.228 e. The van der Waals surface area contributed by atoms with E-state index in [0.29, 0.717) is 13.2 Å². The lowest BCUT2D eigenvalue weighted by molar-refractivity contribution is -0.136. The van der Waals surface area contributed by atoms with Gasteiger partial charge in [0.1, 0.15) is 5.82 Å². The van der Waals surface area contributed by atoms with Gasteiger partial charge in [0.05, 0.1) is 12.0 Å². The summed E-state index contributed by atoms with van der Waals surface area (Å²) in [7, 11) is 1.62. The van der Waals surface area contributed by atoms with Crippen LogP contribution in [0.4, 0.5) is 4.39 Å². The zero-order valence-corrected chi connectivity index (χ0v) is 13.0. The van der Waals surface area contributed by atoms with Crippen molar-refractivity contribution in [3.05, 3.63) is 35.6 Å². The van der Waals surface area contributed by atoms with Crippen molar-refractivity contribution < 1.29 is 13.9 Å². The summed E-state index contributed by atoms with van der Waals surface area (Å²) >= 11 is 0. The highest BCUT2D eigenvalue weighted by atomic mass is 35.5. The second-order valence-corrected chi connectivity index (χ2v) is 5.27. The van der Waals surface area contributed by atoms with Crippen molar-refractivity contribution in [2.45, 2.75) is 19.4 Å². The van der Waals surface area contributed by atoms with Crippen LogP contribution < -0.4 is 10.6 Å². The Balaban J connectivity index is 0.00000220. The van der Waals surface area contributed by atoms with Gasteiger partial charge >= 0.3 is 0 Å². The number of benzene rings is 1. The van der Waals surface area contributed by atoms with Crippen LogP contribution in [0.15, 0.2) is 24.3 Å². The van der Waals surface area contributed by atoms with Crippen LogP contribution in [-0.4, -0.2) is 32.7 Å². The zero-order valence-electron chi connectivity index (χ0n) is 12.2. The summed E-state index contributed by atoms with van der Waals surface area (Å²) in [6.07, 6.45) is 1.55. The molecule has 0 radical (unpaired) electrons. The van der Waals surface area contributed by atoms with Crippen LogP contribution in [0.2, 0.25) is 0 Å². The molecule has 0 saturated carbocycles. The minimum absolute atomic E-state index is 0. The molecule has 1 fully saturated rings. The van der Waals surface area contributed by atoms with Gasteiger partial charge in [0, 0.05) is 13.7 Å². The van der Waals surface area contributed by atoms with Crippen LogP contribution in [0, 0.1) is 11.2 Å². The number of rotatable bonds is 5. The summed E-state index contributed by atoms with van der Waals surface area (Å²) in [5, 5.41) is 6.20. The van der Waals surface area contributed by atoms with Crippen LogP contribution >= 0.6 is 12.4 Å². The fourth-order valence-electron chi connectivity index (χ4n) is 2.59. The number of nitrogens with one attached hydrogen (secondary N) is 2. The van der Waals surface area contributed by atoms with Gasteiger partial charge in [-0.15, -0.1) is 12.4 Å². The molecule has 1 aromatic rings. The van der Waals surface area contributed by atoms with Crippen LogP contribution in [0.3, 0.4) is 0 Å². The van der Waals surface area contributed by atoms with Crippen LogP contribution in [0.5, 0.6) is 0 Å². The van der Waals surface area contributed by atoms with Crippen LogP contribution in [0.25, 0.3) is 0 Å². The van der Waals surface area contributed by atoms with E-state index in [1.165, 1.54) is 12.1 Å². The Morgan fingerprint density at radius 1 is 1.33 bits per heavy atom. The van der Waals surface area contributed by atoms with E-state index in [2.05, 4.69) is 10.6 Å². The molecule has 1 aliphatic heterocycles. The number of methoxy groups -OCH3 is 1. The molecule has 0 unspecified atom stereocenters. The summed E-state index contributed by atoms with van der Waals surface area (Å²) in [5.74, 6) is -0.251. The normalized spacial score (nSPS) is 16.9. The molecule has 4 nitrogen and oxygen atoms in total. The Hall–Kier alpha value is -1.17. The van der Waals surface area contributed by atoms with Crippen molar-refractivity contribution in [2.24, 2.45) is 5.41 Å². The summed E-state index contributed by atoms with van der Waals surface area (Å²) in [6, 6.07) is 6.16. The van der Waals surface area contributed by atoms with E-state index in [1.807, 2.05) is 0 Å². The maximum atomic E-state index is 12.8. The van der Waals surface area contributed by atoms with Crippen LogP contribution in [0.1, 0.15) is 18.4 Å². The fourth-order valence-corrected chi connectivity index (χ4v) is 2.59. The average Bonchev–Trinajstić information content (AvgIpc) is 2.47. The number of amides is 1. The monoisotopic (exact) mass is 316 g/mol. The number of carbonyl (C=O) groups is 1. The molecule has 2 rings (SSSR count). The van der Waals surface area contributed by atoms with E-state index in [-0.39, 0.29) is 24.1 Å². The van der Waals surface area contributed by atoms with Crippen molar-refractivity contribution in [3.8, 4) is 0 Å². The molecule has 0 bridgehead atoms. The van der Waals surface area contributed by atoms with Crippen molar-refractivity contribution in [2.75, 3.05) is 26.8 Å². The molecular formula is C15H22ClFN2O2. The van der Waals surface area contributed by atoms with Gasteiger partial charge < -0.3 is 15.4 Å². The van der Waals surface area contributed by atoms with Gasteiger partial charge in [-0.2, -0.15) is 0 Å². The summed E-state index contributed by atoms with van der Waals surface area (Å²) in [4.78, 5) is 12.5. The lowest BCUT2D eigenvalue weighted by Gasteiger charge is -2.35. The molecule has 0 spiro atoms. The maximum absolute atomic E-state index is 12.8. The molecule has 1 heterocycles. The largest absolute Gasteiger partial charge is 0.384 e. The van der Waals surface area contributed by atoms with Crippen molar-refractivity contribution in [1.82, 2.24) is 10.6 Å². The molecule has 1 saturated heterocycles. The predicted octanol–water partition coefficient (Wildman–Crippen LogP) is 1.88. The molecule has 0 atom stereocenters. The smallest absolute Gasteiger partial charge is 0.228 e. The standard InChI is InChI=1S/C15H21FN2O2.ClH/c1-20-11-15(6-8-17-9-7-15)14(19)18-10-12-2-4-13(16)5-3-12;/h2-5,17H,6-11H2,1H3,(H,18,19);1H. The Kier molecular flexibility index (Phi) is 7.08. The van der Waals surface area contributed by atoms with E-state index < -0.39 is 5.41 Å². The van der Waals surface area contributed by atoms with Gasteiger partial charge in [-0.05, 0) is 43.6 Å². The van der Waals surface area contributed by atoms with E-state index in [4.69, 9.17) is 4.74 Å². The predicted molar refractivity (Wildman–Crippen MR) is 81.9 cm³/mol. The fraction of sp³-hybridized carbons (Fsp3) is 0.533. The minimum atomic E-state index is -0.444. The highest BCUT2D eigenvalue weighted by molar-refractivity contribution is 5.85. The highest BCUT2D eigenvalue weighted by Gasteiger charge is 2.39. The van der Waals surface area contributed by atoms with Gasteiger partial charge in [-0.25, -0.2) is 4.39 Å². The third kappa shape index (κ3) is 4.66. The first kappa shape index (κ1) is 17.9. The molecule has 1 aliphatic rings. The van der Waals surface area contributed by atoms with E-state index in [1.54, 1.807) is 19.2 Å². The number of halogens is 2. The number of ether oxygens (including phenoxy) is 1. The second kappa shape index (κ2) is 8.32. The first-order valence-corrected chi connectivity index (χ1v) is 6.89. The molecule has 2 N–H and O–H groups in total. The van der Waals surface area contributed by atoms with Gasteiger partial charge in [-0.3, -0.25) is 4.79 Å². The van der Waals surface area contributed by atoms with Crippen molar-refractivity contribution in [1.29, 1.82) is 0 Å². The second-order valence-electron chi connectivity index (χ2n) is 5.27. The van der Waals surface area contributed by atoms with Gasteiger partial charge in [0.2, 0.25) is 5.91 Å². The first-order chi connectivity index (χ1) is 9.66. The molecular weight excluding hydrogens is 295 g/mol. The Labute approximate surface area is 130 Å². The number of carbonyl (C=O) groups excluding carboxylic acids is 1. The average molecular weight is 317 g/mol. The number of piperidine rings is 1. The molecule has 1 aromatic carbocycles. The Morgan fingerprint density at radius 2 is 1.95 bits per heavy atom. The summed E-state index contributed by atoms with van der Waals surface area (Å²) in [5.41, 5.74) is 0.446. The van der Waals surface area contributed by atoms with Crippen LogP contribution in [-0.2, 0) is 16.1 Å². The lowest BCUT2D eigenvalue weighted by Crippen LogP contribution is -2.49. The zero-order chi connectivity index (χ0) is 14.4. The van der Waals surface area contributed by atoms with E-state index in [0.717, 1.165) is 31.5 Å². The SMILES string of the molecule is COCC1(C(=O)NCc2ccc(F)cc2)CCNCC1.Cl. The third-order valence-electron chi connectivity index (χ3n) is 3.83.